The normalized spacial score (nSPS) is 11.9. The van der Waals surface area contributed by atoms with Crippen LogP contribution in [-0.2, 0) is 26.2 Å². The Hall–Kier alpha value is -3.76. The van der Waals surface area contributed by atoms with Gasteiger partial charge in [0, 0.05) is 24.2 Å². The summed E-state index contributed by atoms with van der Waals surface area (Å²) in [5, 5.41) is 3.35. The van der Waals surface area contributed by atoms with Gasteiger partial charge in [0.05, 0.1) is 24.8 Å². The van der Waals surface area contributed by atoms with Gasteiger partial charge in [0.25, 0.3) is 10.0 Å². The number of aryl methyl sites for hydroxylation is 1. The van der Waals surface area contributed by atoms with E-state index in [0.29, 0.717) is 23.1 Å². The van der Waals surface area contributed by atoms with Crippen LogP contribution in [0.1, 0.15) is 31.4 Å². The summed E-state index contributed by atoms with van der Waals surface area (Å²) in [5.74, 6) is -0.203. The monoisotopic (exact) mass is 601 g/mol. The smallest absolute Gasteiger partial charge is 0.264 e. The third kappa shape index (κ3) is 7.92. The lowest BCUT2D eigenvalue weighted by Crippen LogP contribution is -2.51. The number of anilines is 1. The fourth-order valence-electron chi connectivity index (χ4n) is 4.11. The number of nitrogens with one attached hydrogen (secondary N) is 1. The van der Waals surface area contributed by atoms with E-state index in [9.17, 15) is 18.0 Å². The summed E-state index contributed by atoms with van der Waals surface area (Å²) in [6.45, 7) is 5.36. The van der Waals surface area contributed by atoms with E-state index in [1.54, 1.807) is 55.5 Å². The average molecular weight is 602 g/mol. The zero-order valence-corrected chi connectivity index (χ0v) is 25.5. The molecule has 3 rings (SSSR count). The molecule has 0 heterocycles. The van der Waals surface area contributed by atoms with Gasteiger partial charge in [-0.25, -0.2) is 8.42 Å². The van der Waals surface area contributed by atoms with E-state index in [1.807, 2.05) is 13.8 Å². The van der Waals surface area contributed by atoms with Crippen LogP contribution < -0.4 is 19.1 Å². The number of carbonyl (C=O) groups excluding carboxylic acids is 2. The highest BCUT2D eigenvalue weighted by molar-refractivity contribution is 7.92. The topological polar surface area (TPSA) is 105 Å². The minimum Gasteiger partial charge on any atom is -0.493 e. The summed E-state index contributed by atoms with van der Waals surface area (Å²) in [6.07, 6.45) is 0.728. The Balaban J connectivity index is 2.07. The molecule has 0 aliphatic heterocycles. The van der Waals surface area contributed by atoms with Crippen LogP contribution in [-0.4, -0.2) is 58.5 Å². The van der Waals surface area contributed by atoms with Crippen LogP contribution in [0.25, 0.3) is 0 Å². The maximum atomic E-state index is 14.0. The Morgan fingerprint density at radius 1 is 0.951 bits per heavy atom. The molecule has 220 valence electrons. The van der Waals surface area contributed by atoms with Gasteiger partial charge in [0.15, 0.2) is 11.5 Å². The van der Waals surface area contributed by atoms with Crippen molar-refractivity contribution in [3.63, 3.8) is 0 Å². The van der Waals surface area contributed by atoms with Gasteiger partial charge in [-0.3, -0.25) is 13.9 Å². The van der Waals surface area contributed by atoms with Gasteiger partial charge in [-0.05, 0) is 62.2 Å². The first-order chi connectivity index (χ1) is 19.5. The number of rotatable bonds is 13. The van der Waals surface area contributed by atoms with Crippen molar-refractivity contribution in [3.8, 4) is 11.5 Å². The maximum absolute atomic E-state index is 14.0. The van der Waals surface area contributed by atoms with Crippen molar-refractivity contribution >= 4 is 39.1 Å². The fraction of sp³-hybridized carbons (Fsp3) is 0.333. The van der Waals surface area contributed by atoms with Crippen LogP contribution in [0, 0.1) is 6.92 Å². The Morgan fingerprint density at radius 2 is 1.59 bits per heavy atom. The lowest BCUT2D eigenvalue weighted by atomic mass is 10.1. The van der Waals surface area contributed by atoms with Crippen LogP contribution in [0.15, 0.2) is 71.6 Å². The molecule has 0 radical (unpaired) electrons. The number of carbonyl (C=O) groups is 2. The number of hydrogen-bond donors (Lipinski definition) is 1. The highest BCUT2D eigenvalue weighted by Gasteiger charge is 2.33. The third-order valence-electron chi connectivity index (χ3n) is 6.53. The molecule has 0 spiro atoms. The zero-order valence-electron chi connectivity index (χ0n) is 23.9. The minimum absolute atomic E-state index is 0.0173. The Bertz CT molecular complexity index is 1450. The van der Waals surface area contributed by atoms with Crippen LogP contribution in [0.5, 0.6) is 11.5 Å². The molecule has 1 atom stereocenters. The first-order valence-corrected chi connectivity index (χ1v) is 15.0. The number of ether oxygens (including phenoxy) is 2. The minimum atomic E-state index is -4.21. The van der Waals surface area contributed by atoms with Gasteiger partial charge in [-0.1, -0.05) is 48.4 Å². The fourth-order valence-corrected chi connectivity index (χ4v) is 5.64. The van der Waals surface area contributed by atoms with E-state index in [1.165, 1.54) is 37.3 Å². The van der Waals surface area contributed by atoms with Crippen molar-refractivity contribution < 1.29 is 27.5 Å². The lowest BCUT2D eigenvalue weighted by molar-refractivity contribution is -0.139. The first kappa shape index (κ1) is 31.8. The van der Waals surface area contributed by atoms with Gasteiger partial charge in [-0.2, -0.15) is 0 Å². The molecule has 0 unspecified atom stereocenters. The number of benzene rings is 3. The second-order valence-corrected chi connectivity index (χ2v) is 11.8. The van der Waals surface area contributed by atoms with Gasteiger partial charge in [-0.15, -0.1) is 0 Å². The van der Waals surface area contributed by atoms with Crippen molar-refractivity contribution in [1.29, 1.82) is 0 Å². The van der Waals surface area contributed by atoms with E-state index in [2.05, 4.69) is 5.32 Å². The lowest BCUT2D eigenvalue weighted by Gasteiger charge is -2.32. The predicted molar refractivity (Wildman–Crippen MR) is 160 cm³/mol. The summed E-state index contributed by atoms with van der Waals surface area (Å²) < 4.78 is 39.7. The van der Waals surface area contributed by atoms with Gasteiger partial charge >= 0.3 is 0 Å². The molecule has 0 fully saturated rings. The molecule has 0 bridgehead atoms. The highest BCUT2D eigenvalue weighted by Crippen LogP contribution is 2.34. The zero-order chi connectivity index (χ0) is 30.2. The molecular formula is C30H36ClN3O6S. The third-order valence-corrected chi connectivity index (χ3v) is 8.57. The summed E-state index contributed by atoms with van der Waals surface area (Å²) in [4.78, 5) is 28.3. The standard InChI is InChI=1S/C30H36ClN3O6S/c1-6-17-32-30(36)22(3)33(19-23-9-11-24(31)12-10-23)29(35)20-34(25-13-16-27(39-4)28(18-25)40-5)41(37,38)26-14-7-21(2)8-15-26/h7-16,18,22H,6,17,19-20H2,1-5H3,(H,32,36)/t22-/m1/s1. The number of amides is 2. The van der Waals surface area contributed by atoms with Gasteiger partial charge in [0.2, 0.25) is 11.8 Å². The van der Waals surface area contributed by atoms with E-state index in [4.69, 9.17) is 21.1 Å². The van der Waals surface area contributed by atoms with E-state index in [0.717, 1.165) is 21.9 Å². The second kappa shape index (κ2) is 14.2. The largest absolute Gasteiger partial charge is 0.493 e. The summed E-state index contributed by atoms with van der Waals surface area (Å²) in [5.41, 5.74) is 1.82. The Kier molecular flexibility index (Phi) is 11.0. The molecule has 3 aromatic carbocycles. The summed E-state index contributed by atoms with van der Waals surface area (Å²) in [7, 11) is -1.30. The van der Waals surface area contributed by atoms with Crippen LogP contribution in [0.4, 0.5) is 5.69 Å². The van der Waals surface area contributed by atoms with Crippen LogP contribution in [0.2, 0.25) is 5.02 Å². The molecule has 0 aliphatic carbocycles. The Labute approximate surface area is 247 Å². The van der Waals surface area contributed by atoms with Crippen LogP contribution in [0.3, 0.4) is 0 Å². The highest BCUT2D eigenvalue weighted by atomic mass is 35.5. The van der Waals surface area contributed by atoms with Crippen LogP contribution >= 0.6 is 11.6 Å². The molecule has 1 N–H and O–H groups in total. The predicted octanol–water partition coefficient (Wildman–Crippen LogP) is 4.80. The number of hydrogen-bond acceptors (Lipinski definition) is 6. The van der Waals surface area contributed by atoms with Crippen molar-refractivity contribution in [2.75, 3.05) is 31.6 Å². The van der Waals surface area contributed by atoms with Crippen molar-refractivity contribution in [1.82, 2.24) is 10.2 Å². The number of methoxy groups -OCH3 is 2. The molecule has 2 amide bonds. The molecule has 0 saturated heterocycles. The average Bonchev–Trinajstić information content (AvgIpc) is 2.97. The number of sulfonamides is 1. The van der Waals surface area contributed by atoms with Crippen molar-refractivity contribution in [2.45, 2.75) is 44.7 Å². The molecule has 41 heavy (non-hydrogen) atoms. The van der Waals surface area contributed by atoms with E-state index >= 15 is 0 Å². The molecule has 3 aromatic rings. The first-order valence-electron chi connectivity index (χ1n) is 13.1. The number of halogens is 1. The SMILES string of the molecule is CCCNC(=O)[C@@H](C)N(Cc1ccc(Cl)cc1)C(=O)CN(c1ccc(OC)c(OC)c1)S(=O)(=O)c1ccc(C)cc1. The molecule has 0 aromatic heterocycles. The molecule has 0 aliphatic rings. The molecule has 9 nitrogen and oxygen atoms in total. The number of nitrogens with zero attached hydrogens (tertiary/aromatic N) is 2. The maximum Gasteiger partial charge on any atom is 0.264 e. The quantitative estimate of drug-likeness (QED) is 0.302. The van der Waals surface area contributed by atoms with Crippen molar-refractivity contribution in [3.05, 3.63) is 82.9 Å². The summed E-state index contributed by atoms with van der Waals surface area (Å²) in [6, 6.07) is 17.0. The Morgan fingerprint density at radius 3 is 2.17 bits per heavy atom. The second-order valence-electron chi connectivity index (χ2n) is 9.48. The van der Waals surface area contributed by atoms with E-state index in [-0.39, 0.29) is 23.0 Å². The van der Waals surface area contributed by atoms with Gasteiger partial charge in [0.1, 0.15) is 12.6 Å². The molecule has 0 saturated carbocycles. The molecular weight excluding hydrogens is 566 g/mol. The van der Waals surface area contributed by atoms with Gasteiger partial charge < -0.3 is 19.7 Å². The molecule has 11 heteroatoms. The van der Waals surface area contributed by atoms with E-state index < -0.39 is 28.5 Å². The van der Waals surface area contributed by atoms with Crippen molar-refractivity contribution in [2.24, 2.45) is 0 Å². The summed E-state index contributed by atoms with van der Waals surface area (Å²) >= 11 is 6.04.